The van der Waals surface area contributed by atoms with E-state index < -0.39 is 0 Å². The summed E-state index contributed by atoms with van der Waals surface area (Å²) >= 11 is 0. The summed E-state index contributed by atoms with van der Waals surface area (Å²) in [5.41, 5.74) is 14.1. The molecule has 1 nitrogen and oxygen atoms in total. The van der Waals surface area contributed by atoms with E-state index in [1.165, 1.54) is 71.7 Å². The molecule has 2 heterocycles. The number of hydrogen-bond acceptors (Lipinski definition) is 0. The van der Waals surface area contributed by atoms with Crippen LogP contribution in [-0.2, 0) is 12.8 Å². The molecule has 2 aromatic heterocycles. The van der Waals surface area contributed by atoms with E-state index in [2.05, 4.69) is 95.5 Å². The Bertz CT molecular complexity index is 1720. The Morgan fingerprint density at radius 1 is 0.516 bits per heavy atom. The van der Waals surface area contributed by atoms with Crippen LogP contribution in [-0.4, -0.2) is 4.40 Å². The van der Waals surface area contributed by atoms with Gasteiger partial charge in [0.15, 0.2) is 0 Å². The molecule has 0 bridgehead atoms. The van der Waals surface area contributed by atoms with Crippen LogP contribution in [0.15, 0.2) is 91.1 Å². The number of nitrogens with zero attached hydrogens (tertiary/aromatic N) is 1. The summed E-state index contributed by atoms with van der Waals surface area (Å²) < 4.78 is 2.43. The van der Waals surface area contributed by atoms with Crippen molar-refractivity contribution in [1.29, 1.82) is 0 Å². The van der Waals surface area contributed by atoms with Crippen LogP contribution >= 0.6 is 0 Å². The molecular weight excluding hydrogens is 374 g/mol. The standard InChI is InChI=1S/C30H19N/c1-4-9-22-18(6-1)14-20-16-26-24-12-11-23-21-8-3-2-7-19(21)15-28(23)30(24)31-13-5-10-29(31)27(26)17-25(20)22/h1-13,16-17H,14-15H2. The van der Waals surface area contributed by atoms with Crippen molar-refractivity contribution in [2.75, 3.05) is 0 Å². The molecule has 0 amide bonds. The molecule has 144 valence electrons. The van der Waals surface area contributed by atoms with Crippen LogP contribution in [0.4, 0.5) is 0 Å². The largest absolute Gasteiger partial charge is 0.316 e. The average Bonchev–Trinajstić information content (AvgIpc) is 3.52. The monoisotopic (exact) mass is 393 g/mol. The lowest BCUT2D eigenvalue weighted by Gasteiger charge is -2.15. The SMILES string of the molecule is c1ccc2c(c1)Cc1cc3c(cc1-2)c1cccn1c1c2c(ccc31)-c1ccccc1C2. The molecule has 0 fully saturated rings. The van der Waals surface area contributed by atoms with E-state index >= 15 is 0 Å². The Morgan fingerprint density at radius 2 is 1.29 bits per heavy atom. The molecule has 0 saturated carbocycles. The fourth-order valence-electron chi connectivity index (χ4n) is 6.10. The first kappa shape index (κ1) is 15.9. The zero-order chi connectivity index (χ0) is 20.1. The Morgan fingerprint density at radius 3 is 2.16 bits per heavy atom. The smallest absolute Gasteiger partial charge is 0.0575 e. The van der Waals surface area contributed by atoms with Gasteiger partial charge in [0.1, 0.15) is 0 Å². The molecule has 31 heavy (non-hydrogen) atoms. The van der Waals surface area contributed by atoms with E-state index in [-0.39, 0.29) is 0 Å². The van der Waals surface area contributed by atoms with Gasteiger partial charge in [0.2, 0.25) is 0 Å². The molecule has 8 rings (SSSR count). The lowest BCUT2D eigenvalue weighted by Crippen LogP contribution is -1.95. The molecule has 1 heteroatoms. The minimum Gasteiger partial charge on any atom is -0.316 e. The minimum atomic E-state index is 1.01. The van der Waals surface area contributed by atoms with Crippen LogP contribution in [0.2, 0.25) is 0 Å². The third kappa shape index (κ3) is 1.92. The predicted molar refractivity (Wildman–Crippen MR) is 129 cm³/mol. The van der Waals surface area contributed by atoms with Crippen molar-refractivity contribution in [3.05, 3.63) is 113 Å². The van der Waals surface area contributed by atoms with E-state index in [0.29, 0.717) is 0 Å². The second-order valence-corrected chi connectivity index (χ2v) is 8.97. The Kier molecular flexibility index (Phi) is 2.80. The molecule has 0 N–H and O–H groups in total. The molecule has 0 saturated heterocycles. The highest BCUT2D eigenvalue weighted by molar-refractivity contribution is 6.16. The van der Waals surface area contributed by atoms with Gasteiger partial charge in [-0.2, -0.15) is 0 Å². The van der Waals surface area contributed by atoms with Crippen LogP contribution in [0.3, 0.4) is 0 Å². The highest BCUT2D eigenvalue weighted by Gasteiger charge is 2.24. The zero-order valence-electron chi connectivity index (χ0n) is 17.0. The van der Waals surface area contributed by atoms with Gasteiger partial charge < -0.3 is 4.40 Å². The van der Waals surface area contributed by atoms with Crippen molar-refractivity contribution in [3.8, 4) is 22.3 Å². The Hall–Kier alpha value is -3.84. The fraction of sp³-hybridized carbons (Fsp3) is 0.0667. The molecule has 2 aliphatic rings. The van der Waals surface area contributed by atoms with Gasteiger partial charge in [0.05, 0.1) is 11.0 Å². The third-order valence-corrected chi connectivity index (χ3v) is 7.45. The molecule has 4 aromatic carbocycles. The van der Waals surface area contributed by atoms with Gasteiger partial charge in [-0.05, 0) is 80.6 Å². The summed E-state index contributed by atoms with van der Waals surface area (Å²) in [6.07, 6.45) is 4.28. The lowest BCUT2D eigenvalue weighted by molar-refractivity contribution is 1.21. The number of benzene rings is 4. The first-order valence-electron chi connectivity index (χ1n) is 11.0. The topological polar surface area (TPSA) is 4.41 Å². The van der Waals surface area contributed by atoms with Crippen molar-refractivity contribution in [3.63, 3.8) is 0 Å². The molecule has 0 atom stereocenters. The van der Waals surface area contributed by atoms with E-state index in [9.17, 15) is 0 Å². The fourth-order valence-corrected chi connectivity index (χ4v) is 6.10. The second kappa shape index (κ2) is 5.44. The number of fused-ring (bicyclic) bond motifs is 13. The summed E-state index contributed by atoms with van der Waals surface area (Å²) in [5.74, 6) is 0. The Balaban J connectivity index is 1.53. The van der Waals surface area contributed by atoms with Gasteiger partial charge in [0, 0.05) is 23.4 Å². The van der Waals surface area contributed by atoms with Crippen LogP contribution in [0.5, 0.6) is 0 Å². The number of hydrogen-bond donors (Lipinski definition) is 0. The van der Waals surface area contributed by atoms with Gasteiger partial charge in [-0.1, -0.05) is 60.7 Å². The van der Waals surface area contributed by atoms with Gasteiger partial charge in [-0.15, -0.1) is 0 Å². The minimum absolute atomic E-state index is 1.01. The predicted octanol–water partition coefficient (Wildman–Crippen LogP) is 7.39. The van der Waals surface area contributed by atoms with Crippen molar-refractivity contribution >= 4 is 27.2 Å². The third-order valence-electron chi connectivity index (χ3n) is 7.45. The van der Waals surface area contributed by atoms with Gasteiger partial charge in [0.25, 0.3) is 0 Å². The molecular formula is C30H19N. The van der Waals surface area contributed by atoms with E-state index in [1.807, 2.05) is 0 Å². The molecule has 0 spiro atoms. The van der Waals surface area contributed by atoms with Crippen LogP contribution < -0.4 is 0 Å². The molecule has 0 aliphatic heterocycles. The zero-order valence-corrected chi connectivity index (χ0v) is 17.0. The van der Waals surface area contributed by atoms with E-state index in [0.717, 1.165) is 12.8 Å². The molecule has 2 aliphatic carbocycles. The maximum absolute atomic E-state index is 2.47. The molecule has 0 radical (unpaired) electrons. The summed E-state index contributed by atoms with van der Waals surface area (Å²) in [4.78, 5) is 0. The van der Waals surface area contributed by atoms with Crippen LogP contribution in [0.25, 0.3) is 49.4 Å². The first-order chi connectivity index (χ1) is 15.4. The second-order valence-electron chi connectivity index (χ2n) is 8.97. The summed E-state index contributed by atoms with van der Waals surface area (Å²) in [6, 6.07) is 31.8. The first-order valence-corrected chi connectivity index (χ1v) is 11.0. The maximum atomic E-state index is 2.47. The van der Waals surface area contributed by atoms with Crippen molar-refractivity contribution < 1.29 is 0 Å². The van der Waals surface area contributed by atoms with Gasteiger partial charge in [-0.3, -0.25) is 0 Å². The lowest BCUT2D eigenvalue weighted by atomic mass is 9.95. The molecule has 0 unspecified atom stereocenters. The Labute approximate surface area is 180 Å². The van der Waals surface area contributed by atoms with E-state index in [1.54, 1.807) is 0 Å². The van der Waals surface area contributed by atoms with E-state index in [4.69, 9.17) is 0 Å². The average molecular weight is 393 g/mol. The number of pyridine rings is 1. The van der Waals surface area contributed by atoms with Crippen LogP contribution in [0.1, 0.15) is 22.3 Å². The number of rotatable bonds is 0. The highest BCUT2D eigenvalue weighted by atomic mass is 14.9. The van der Waals surface area contributed by atoms with Crippen molar-refractivity contribution in [1.82, 2.24) is 4.40 Å². The van der Waals surface area contributed by atoms with Crippen molar-refractivity contribution in [2.24, 2.45) is 0 Å². The molecule has 6 aromatic rings. The highest BCUT2D eigenvalue weighted by Crippen LogP contribution is 2.45. The number of aromatic nitrogens is 1. The normalized spacial score (nSPS) is 13.5. The summed E-state index contributed by atoms with van der Waals surface area (Å²) in [5, 5.41) is 4.10. The van der Waals surface area contributed by atoms with Crippen molar-refractivity contribution in [2.45, 2.75) is 12.8 Å². The van der Waals surface area contributed by atoms with Gasteiger partial charge >= 0.3 is 0 Å². The van der Waals surface area contributed by atoms with Gasteiger partial charge in [-0.25, -0.2) is 0 Å². The quantitative estimate of drug-likeness (QED) is 0.237. The summed E-state index contributed by atoms with van der Waals surface area (Å²) in [7, 11) is 0. The summed E-state index contributed by atoms with van der Waals surface area (Å²) in [6.45, 7) is 0. The van der Waals surface area contributed by atoms with Crippen LogP contribution in [0, 0.1) is 0 Å². The maximum Gasteiger partial charge on any atom is 0.0575 e.